The Morgan fingerprint density at radius 1 is 1.50 bits per heavy atom. The summed E-state index contributed by atoms with van der Waals surface area (Å²) in [5.74, 6) is 8.43. The maximum Gasteiger partial charge on any atom is 0.146 e. The number of hydrogen-bond donors (Lipinski definition) is 2. The average molecular weight is 238 g/mol. The highest BCUT2D eigenvalue weighted by atomic mass is 32.2. The van der Waals surface area contributed by atoms with Crippen molar-refractivity contribution in [2.45, 2.75) is 38.4 Å². The summed E-state index contributed by atoms with van der Waals surface area (Å²) in [5, 5.41) is 0.456. The van der Waals surface area contributed by atoms with Gasteiger partial charge in [0.2, 0.25) is 0 Å². The number of hydrogen-bond acceptors (Lipinski definition) is 5. The predicted molar refractivity (Wildman–Crippen MR) is 68.4 cm³/mol. The van der Waals surface area contributed by atoms with Crippen LogP contribution in [0.5, 0.6) is 0 Å². The molecule has 0 aromatic carbocycles. The molecule has 1 aromatic rings. The number of nitrogen functional groups attached to an aromatic ring is 1. The minimum absolute atomic E-state index is 0.456. The first-order valence-electron chi connectivity index (χ1n) is 5.72. The van der Waals surface area contributed by atoms with Crippen LogP contribution in [-0.4, -0.2) is 15.7 Å². The molecule has 1 aliphatic rings. The second-order valence-corrected chi connectivity index (χ2v) is 5.31. The zero-order valence-corrected chi connectivity index (χ0v) is 10.6. The van der Waals surface area contributed by atoms with Crippen LogP contribution in [0, 0.1) is 6.92 Å². The molecule has 0 bridgehead atoms. The lowest BCUT2D eigenvalue weighted by atomic mass is 10.1. The van der Waals surface area contributed by atoms with Gasteiger partial charge in [-0.2, -0.15) is 11.8 Å². The molecule has 1 aliphatic heterocycles. The Balaban J connectivity index is 2.37. The number of nitrogens with one attached hydrogen (secondary N) is 1. The molecule has 1 unspecified atom stereocenters. The summed E-state index contributed by atoms with van der Waals surface area (Å²) < 4.78 is 0. The molecule has 88 valence electrons. The van der Waals surface area contributed by atoms with Crippen LogP contribution < -0.4 is 11.3 Å². The topological polar surface area (TPSA) is 63.8 Å². The summed E-state index contributed by atoms with van der Waals surface area (Å²) in [6.45, 7) is 4.13. The predicted octanol–water partition coefficient (Wildman–Crippen LogP) is 2.20. The SMILES string of the molecule is CCc1nc(C2CCCS2)nc(NN)c1C. The van der Waals surface area contributed by atoms with Crippen LogP contribution in [0.15, 0.2) is 0 Å². The highest BCUT2D eigenvalue weighted by molar-refractivity contribution is 7.99. The first kappa shape index (κ1) is 11.7. The highest BCUT2D eigenvalue weighted by Crippen LogP contribution is 2.38. The van der Waals surface area contributed by atoms with Crippen LogP contribution in [0.1, 0.15) is 42.1 Å². The molecule has 1 saturated heterocycles. The molecular weight excluding hydrogens is 220 g/mol. The summed E-state index contributed by atoms with van der Waals surface area (Å²) in [7, 11) is 0. The molecule has 4 nitrogen and oxygen atoms in total. The van der Waals surface area contributed by atoms with E-state index in [0.29, 0.717) is 5.25 Å². The second-order valence-electron chi connectivity index (χ2n) is 4.00. The smallest absolute Gasteiger partial charge is 0.146 e. The van der Waals surface area contributed by atoms with E-state index in [4.69, 9.17) is 5.84 Å². The van der Waals surface area contributed by atoms with E-state index in [1.807, 2.05) is 18.7 Å². The van der Waals surface area contributed by atoms with Gasteiger partial charge in [-0.05, 0) is 31.9 Å². The Bertz CT molecular complexity index is 349. The van der Waals surface area contributed by atoms with Crippen LogP contribution in [0.3, 0.4) is 0 Å². The van der Waals surface area contributed by atoms with Gasteiger partial charge in [-0.3, -0.25) is 0 Å². The molecule has 2 rings (SSSR count). The Labute approximate surface area is 100 Å². The second kappa shape index (κ2) is 5.01. The average Bonchev–Trinajstić information content (AvgIpc) is 2.83. The lowest BCUT2D eigenvalue weighted by molar-refractivity contribution is 0.763. The number of anilines is 1. The van der Waals surface area contributed by atoms with Gasteiger partial charge in [-0.15, -0.1) is 0 Å². The molecule has 3 N–H and O–H groups in total. The molecule has 0 amide bonds. The molecule has 1 atom stereocenters. The largest absolute Gasteiger partial charge is 0.308 e. The van der Waals surface area contributed by atoms with Crippen LogP contribution in [0.25, 0.3) is 0 Å². The van der Waals surface area contributed by atoms with Crippen molar-refractivity contribution in [1.82, 2.24) is 9.97 Å². The van der Waals surface area contributed by atoms with Gasteiger partial charge in [0.05, 0.1) is 5.25 Å². The normalized spacial score (nSPS) is 20.1. The molecule has 1 aromatic heterocycles. The quantitative estimate of drug-likeness (QED) is 0.624. The van der Waals surface area contributed by atoms with Crippen molar-refractivity contribution in [3.8, 4) is 0 Å². The lowest BCUT2D eigenvalue weighted by Crippen LogP contribution is -2.14. The molecule has 0 aliphatic carbocycles. The number of thioether (sulfide) groups is 1. The van der Waals surface area contributed by atoms with Crippen molar-refractivity contribution in [3.63, 3.8) is 0 Å². The third kappa shape index (κ3) is 2.15. The van der Waals surface area contributed by atoms with E-state index in [1.165, 1.54) is 18.6 Å². The number of nitrogens with two attached hydrogens (primary N) is 1. The van der Waals surface area contributed by atoms with E-state index in [-0.39, 0.29) is 0 Å². The van der Waals surface area contributed by atoms with Crippen LogP contribution in [0.4, 0.5) is 5.82 Å². The van der Waals surface area contributed by atoms with Gasteiger partial charge in [0.1, 0.15) is 11.6 Å². The Morgan fingerprint density at radius 3 is 2.88 bits per heavy atom. The van der Waals surface area contributed by atoms with Crippen molar-refractivity contribution < 1.29 is 0 Å². The Kier molecular flexibility index (Phi) is 3.66. The Hall–Kier alpha value is -0.810. The van der Waals surface area contributed by atoms with E-state index < -0.39 is 0 Å². The Morgan fingerprint density at radius 2 is 2.31 bits per heavy atom. The van der Waals surface area contributed by atoms with Gasteiger partial charge >= 0.3 is 0 Å². The maximum atomic E-state index is 5.49. The minimum atomic E-state index is 0.456. The van der Waals surface area contributed by atoms with Gasteiger partial charge < -0.3 is 5.43 Å². The molecule has 1 fully saturated rings. The van der Waals surface area contributed by atoms with Gasteiger partial charge in [-0.25, -0.2) is 15.8 Å². The fraction of sp³-hybridized carbons (Fsp3) is 0.636. The first-order valence-corrected chi connectivity index (χ1v) is 6.76. The van der Waals surface area contributed by atoms with Crippen LogP contribution >= 0.6 is 11.8 Å². The fourth-order valence-corrected chi connectivity index (χ4v) is 3.20. The molecule has 2 heterocycles. The molecule has 0 saturated carbocycles. The van der Waals surface area contributed by atoms with Gasteiger partial charge in [0, 0.05) is 11.3 Å². The molecule has 5 heteroatoms. The molecule has 0 spiro atoms. The van der Waals surface area contributed by atoms with E-state index in [2.05, 4.69) is 22.3 Å². The summed E-state index contributed by atoms with van der Waals surface area (Å²) in [6.07, 6.45) is 3.37. The number of rotatable bonds is 3. The highest BCUT2D eigenvalue weighted by Gasteiger charge is 2.22. The fourth-order valence-electron chi connectivity index (χ4n) is 1.99. The summed E-state index contributed by atoms with van der Waals surface area (Å²) >= 11 is 1.95. The number of aryl methyl sites for hydroxylation is 1. The minimum Gasteiger partial charge on any atom is -0.308 e. The van der Waals surface area contributed by atoms with Crippen LogP contribution in [0.2, 0.25) is 0 Å². The van der Waals surface area contributed by atoms with Crippen molar-refractivity contribution >= 4 is 17.6 Å². The summed E-state index contributed by atoms with van der Waals surface area (Å²) in [4.78, 5) is 9.17. The van der Waals surface area contributed by atoms with Crippen molar-refractivity contribution in [3.05, 3.63) is 17.1 Å². The van der Waals surface area contributed by atoms with Gasteiger partial charge in [0.15, 0.2) is 0 Å². The molecular formula is C11H18N4S. The molecule has 16 heavy (non-hydrogen) atoms. The maximum absolute atomic E-state index is 5.49. The number of aromatic nitrogens is 2. The number of hydrazine groups is 1. The van der Waals surface area contributed by atoms with E-state index in [9.17, 15) is 0 Å². The summed E-state index contributed by atoms with van der Waals surface area (Å²) in [5.41, 5.74) is 4.84. The van der Waals surface area contributed by atoms with Gasteiger partial charge in [-0.1, -0.05) is 6.92 Å². The first-order chi connectivity index (χ1) is 7.76. The van der Waals surface area contributed by atoms with Crippen LogP contribution in [-0.2, 0) is 6.42 Å². The zero-order chi connectivity index (χ0) is 11.5. The van der Waals surface area contributed by atoms with Gasteiger partial charge in [0.25, 0.3) is 0 Å². The van der Waals surface area contributed by atoms with E-state index >= 15 is 0 Å². The molecule has 0 radical (unpaired) electrons. The monoisotopic (exact) mass is 238 g/mol. The van der Waals surface area contributed by atoms with E-state index in [0.717, 1.165) is 29.3 Å². The van der Waals surface area contributed by atoms with E-state index in [1.54, 1.807) is 0 Å². The summed E-state index contributed by atoms with van der Waals surface area (Å²) in [6, 6.07) is 0. The third-order valence-electron chi connectivity index (χ3n) is 2.95. The number of nitrogens with zero attached hydrogens (tertiary/aromatic N) is 2. The van der Waals surface area contributed by atoms with Crippen molar-refractivity contribution in [1.29, 1.82) is 0 Å². The lowest BCUT2D eigenvalue weighted by Gasteiger charge is -2.13. The third-order valence-corrected chi connectivity index (χ3v) is 4.33. The van der Waals surface area contributed by atoms with Crippen molar-refractivity contribution in [2.24, 2.45) is 5.84 Å². The van der Waals surface area contributed by atoms with Crippen molar-refractivity contribution in [2.75, 3.05) is 11.2 Å². The zero-order valence-electron chi connectivity index (χ0n) is 9.79. The standard InChI is InChI=1S/C11H18N4S/c1-3-8-7(2)10(15-12)14-11(13-8)9-5-4-6-16-9/h9H,3-6,12H2,1-2H3,(H,13,14,15).